The number of nitrogens with one attached hydrogen (secondary N) is 1. The largest absolute Gasteiger partial charge is 0.467 e. The quantitative estimate of drug-likeness (QED) is 0.759. The van der Waals surface area contributed by atoms with Crippen LogP contribution in [0, 0.1) is 0 Å². The number of aliphatic hydroxyl groups is 1. The fourth-order valence-electron chi connectivity index (χ4n) is 1.93. The van der Waals surface area contributed by atoms with Gasteiger partial charge >= 0.3 is 0 Å². The van der Waals surface area contributed by atoms with Crippen LogP contribution in [-0.2, 0) is 0 Å². The number of halogens is 2. The van der Waals surface area contributed by atoms with E-state index in [1.807, 2.05) is 19.1 Å². The molecule has 0 amide bonds. The molecule has 2 rings (SSSR count). The Bertz CT molecular complexity index is 531. The van der Waals surface area contributed by atoms with Crippen molar-refractivity contribution in [3.63, 3.8) is 0 Å². The normalized spacial score (nSPS) is 14.3. The lowest BCUT2D eigenvalue weighted by molar-refractivity contribution is 0.144. The summed E-state index contributed by atoms with van der Waals surface area (Å²) in [5, 5.41) is 13.1. The van der Waals surface area contributed by atoms with E-state index in [0.717, 1.165) is 5.56 Å². The van der Waals surface area contributed by atoms with Gasteiger partial charge in [-0.15, -0.1) is 0 Å². The number of furan rings is 1. The van der Waals surface area contributed by atoms with Crippen LogP contribution < -0.4 is 5.32 Å². The highest BCUT2D eigenvalue weighted by Gasteiger charge is 2.13. The van der Waals surface area contributed by atoms with Crippen LogP contribution in [0.3, 0.4) is 0 Å². The maximum atomic E-state index is 12.2. The van der Waals surface area contributed by atoms with Gasteiger partial charge in [0.1, 0.15) is 11.9 Å². The molecule has 0 saturated heterocycles. The van der Waals surface area contributed by atoms with E-state index in [1.165, 1.54) is 6.26 Å². The zero-order valence-electron chi connectivity index (χ0n) is 11.5. The Labute approximate surface area is 126 Å². The standard InChI is InChI=1S/C15H17F2NO2S/c1-10(18-9-13(19)14-3-2-8-20-14)11-4-6-12(7-5-11)21-15(16)17/h2-8,10,13,15,18-19H,9H2,1H3. The molecule has 2 atom stereocenters. The second kappa shape index (κ2) is 7.59. The van der Waals surface area contributed by atoms with Crippen molar-refractivity contribution < 1.29 is 18.3 Å². The minimum atomic E-state index is -2.41. The zero-order chi connectivity index (χ0) is 15.2. The molecule has 114 valence electrons. The molecule has 2 aromatic rings. The lowest BCUT2D eigenvalue weighted by atomic mass is 10.1. The topological polar surface area (TPSA) is 45.4 Å². The van der Waals surface area contributed by atoms with E-state index >= 15 is 0 Å². The lowest BCUT2D eigenvalue weighted by Gasteiger charge is -2.16. The minimum Gasteiger partial charge on any atom is -0.467 e. The third kappa shape index (κ3) is 4.84. The molecule has 3 nitrogen and oxygen atoms in total. The monoisotopic (exact) mass is 313 g/mol. The molecule has 0 radical (unpaired) electrons. The lowest BCUT2D eigenvalue weighted by Crippen LogP contribution is -2.24. The average molecular weight is 313 g/mol. The highest BCUT2D eigenvalue weighted by atomic mass is 32.2. The molecule has 0 aliphatic heterocycles. The molecule has 1 heterocycles. The van der Waals surface area contributed by atoms with Crippen LogP contribution in [0.15, 0.2) is 52.0 Å². The first-order valence-electron chi connectivity index (χ1n) is 6.56. The van der Waals surface area contributed by atoms with Gasteiger partial charge in [0.05, 0.1) is 6.26 Å². The summed E-state index contributed by atoms with van der Waals surface area (Å²) in [4.78, 5) is 0.538. The molecule has 0 fully saturated rings. The van der Waals surface area contributed by atoms with Gasteiger partial charge in [0.25, 0.3) is 5.76 Å². The van der Waals surface area contributed by atoms with Crippen molar-refractivity contribution >= 4 is 11.8 Å². The molecule has 2 N–H and O–H groups in total. The van der Waals surface area contributed by atoms with E-state index in [9.17, 15) is 13.9 Å². The van der Waals surface area contributed by atoms with Crippen molar-refractivity contribution in [1.29, 1.82) is 0 Å². The first-order chi connectivity index (χ1) is 10.1. The van der Waals surface area contributed by atoms with Gasteiger partial charge in [-0.05, 0) is 36.8 Å². The third-order valence-electron chi connectivity index (χ3n) is 3.09. The molecule has 21 heavy (non-hydrogen) atoms. The second-order valence-electron chi connectivity index (χ2n) is 4.61. The number of aliphatic hydroxyl groups excluding tert-OH is 1. The predicted molar refractivity (Wildman–Crippen MR) is 78.4 cm³/mol. The van der Waals surface area contributed by atoms with Crippen LogP contribution in [0.4, 0.5) is 8.78 Å². The number of rotatable bonds is 7. The van der Waals surface area contributed by atoms with Crippen LogP contribution in [0.1, 0.15) is 30.4 Å². The van der Waals surface area contributed by atoms with Gasteiger partial charge in [0, 0.05) is 17.5 Å². The molecule has 0 spiro atoms. The summed E-state index contributed by atoms with van der Waals surface area (Å²) in [5.41, 5.74) is 0.972. The van der Waals surface area contributed by atoms with E-state index < -0.39 is 11.9 Å². The van der Waals surface area contributed by atoms with Crippen molar-refractivity contribution in [2.24, 2.45) is 0 Å². The Balaban J connectivity index is 1.86. The summed E-state index contributed by atoms with van der Waals surface area (Å²) in [6.07, 6.45) is 0.803. The van der Waals surface area contributed by atoms with Gasteiger partial charge in [-0.3, -0.25) is 0 Å². The van der Waals surface area contributed by atoms with Crippen LogP contribution in [0.2, 0.25) is 0 Å². The number of hydrogen-bond donors (Lipinski definition) is 2. The van der Waals surface area contributed by atoms with Gasteiger partial charge < -0.3 is 14.8 Å². The molecule has 2 unspecified atom stereocenters. The van der Waals surface area contributed by atoms with Crippen LogP contribution >= 0.6 is 11.8 Å². The Hall–Kier alpha value is -1.37. The van der Waals surface area contributed by atoms with Gasteiger partial charge in [-0.25, -0.2) is 0 Å². The van der Waals surface area contributed by atoms with Crippen molar-refractivity contribution in [3.8, 4) is 0 Å². The summed E-state index contributed by atoms with van der Waals surface area (Å²) in [7, 11) is 0. The number of alkyl halides is 2. The first-order valence-corrected chi connectivity index (χ1v) is 7.44. The first kappa shape index (κ1) is 16.0. The highest BCUT2D eigenvalue weighted by molar-refractivity contribution is 7.99. The highest BCUT2D eigenvalue weighted by Crippen LogP contribution is 2.26. The Morgan fingerprint density at radius 1 is 1.24 bits per heavy atom. The third-order valence-corrected chi connectivity index (χ3v) is 3.82. The molecule has 0 aliphatic rings. The van der Waals surface area contributed by atoms with E-state index in [-0.39, 0.29) is 6.04 Å². The van der Waals surface area contributed by atoms with E-state index in [2.05, 4.69) is 5.32 Å². The van der Waals surface area contributed by atoms with Crippen molar-refractivity contribution in [2.75, 3.05) is 6.54 Å². The summed E-state index contributed by atoms with van der Waals surface area (Å²) in [5.74, 6) is -1.90. The maximum absolute atomic E-state index is 12.2. The summed E-state index contributed by atoms with van der Waals surface area (Å²) >= 11 is 0.529. The average Bonchev–Trinajstić information content (AvgIpc) is 2.99. The van der Waals surface area contributed by atoms with Gasteiger partial charge in [-0.1, -0.05) is 23.9 Å². The zero-order valence-corrected chi connectivity index (χ0v) is 12.3. The summed E-state index contributed by atoms with van der Waals surface area (Å²) in [6, 6.07) is 10.4. The molecule has 1 aromatic carbocycles. The maximum Gasteiger partial charge on any atom is 0.288 e. The summed E-state index contributed by atoms with van der Waals surface area (Å²) in [6.45, 7) is 2.30. The van der Waals surface area contributed by atoms with Crippen molar-refractivity contribution in [2.45, 2.75) is 29.7 Å². The van der Waals surface area contributed by atoms with Crippen LogP contribution in [0.25, 0.3) is 0 Å². The van der Waals surface area contributed by atoms with Crippen molar-refractivity contribution in [3.05, 3.63) is 54.0 Å². The van der Waals surface area contributed by atoms with E-state index in [0.29, 0.717) is 29.0 Å². The molecule has 6 heteroatoms. The number of benzene rings is 1. The molecular formula is C15H17F2NO2S. The molecule has 1 aromatic heterocycles. The molecular weight excluding hydrogens is 296 g/mol. The Morgan fingerprint density at radius 3 is 2.52 bits per heavy atom. The van der Waals surface area contributed by atoms with Gasteiger partial charge in [0.15, 0.2) is 0 Å². The molecule has 0 bridgehead atoms. The molecule has 0 aliphatic carbocycles. The Morgan fingerprint density at radius 2 is 1.95 bits per heavy atom. The number of hydrogen-bond acceptors (Lipinski definition) is 4. The SMILES string of the molecule is CC(NCC(O)c1ccco1)c1ccc(SC(F)F)cc1. The fraction of sp³-hybridized carbons (Fsp3) is 0.333. The fourth-order valence-corrected chi connectivity index (χ4v) is 2.42. The number of thioether (sulfide) groups is 1. The van der Waals surface area contributed by atoms with E-state index in [4.69, 9.17) is 4.42 Å². The Kier molecular flexibility index (Phi) is 5.78. The van der Waals surface area contributed by atoms with Crippen molar-refractivity contribution in [1.82, 2.24) is 5.32 Å². The van der Waals surface area contributed by atoms with Crippen LogP contribution in [-0.4, -0.2) is 17.4 Å². The minimum absolute atomic E-state index is 0.000197. The predicted octanol–water partition coefficient (Wildman–Crippen LogP) is 3.98. The van der Waals surface area contributed by atoms with E-state index in [1.54, 1.807) is 24.3 Å². The smallest absolute Gasteiger partial charge is 0.288 e. The second-order valence-corrected chi connectivity index (χ2v) is 5.67. The summed E-state index contributed by atoms with van der Waals surface area (Å²) < 4.78 is 29.6. The van der Waals surface area contributed by atoms with Gasteiger partial charge in [-0.2, -0.15) is 8.78 Å². The molecule has 0 saturated carbocycles. The van der Waals surface area contributed by atoms with Crippen LogP contribution in [0.5, 0.6) is 0 Å². The van der Waals surface area contributed by atoms with Gasteiger partial charge in [0.2, 0.25) is 0 Å².